The standard InChI is InChI=1S/C12H18FNO2/c1-2-3-11(14)12(8-15)16-10-6-4-9(13)5-7-10/h4-7,11-12,15H,2-3,8,14H2,1H3. The molecule has 3 N–H and O–H groups in total. The number of benzene rings is 1. The Balaban J connectivity index is 2.59. The molecule has 0 spiro atoms. The summed E-state index contributed by atoms with van der Waals surface area (Å²) in [6, 6.07) is 5.47. The second-order valence-electron chi connectivity index (χ2n) is 3.75. The average molecular weight is 227 g/mol. The molecule has 3 nitrogen and oxygen atoms in total. The highest BCUT2D eigenvalue weighted by Gasteiger charge is 2.17. The molecule has 0 heterocycles. The SMILES string of the molecule is CCCC(N)C(CO)Oc1ccc(F)cc1. The minimum atomic E-state index is -0.439. The fraction of sp³-hybridized carbons (Fsp3) is 0.500. The summed E-state index contributed by atoms with van der Waals surface area (Å²) in [6.45, 7) is 1.88. The lowest BCUT2D eigenvalue weighted by molar-refractivity contribution is 0.0916. The maximum Gasteiger partial charge on any atom is 0.137 e. The van der Waals surface area contributed by atoms with Gasteiger partial charge in [-0.25, -0.2) is 4.39 Å². The zero-order chi connectivity index (χ0) is 12.0. The number of hydrogen-bond acceptors (Lipinski definition) is 3. The Morgan fingerprint density at radius 1 is 1.38 bits per heavy atom. The van der Waals surface area contributed by atoms with Crippen LogP contribution < -0.4 is 10.5 Å². The zero-order valence-electron chi connectivity index (χ0n) is 9.40. The van der Waals surface area contributed by atoms with E-state index in [1.807, 2.05) is 6.92 Å². The van der Waals surface area contributed by atoms with E-state index >= 15 is 0 Å². The van der Waals surface area contributed by atoms with Crippen LogP contribution in [0.5, 0.6) is 5.75 Å². The molecule has 4 heteroatoms. The summed E-state index contributed by atoms with van der Waals surface area (Å²) in [5.74, 6) is 0.206. The number of hydrogen-bond donors (Lipinski definition) is 2. The Labute approximate surface area is 95.0 Å². The summed E-state index contributed by atoms with van der Waals surface area (Å²) in [5.41, 5.74) is 5.86. The third kappa shape index (κ3) is 3.79. The summed E-state index contributed by atoms with van der Waals surface area (Å²) in [4.78, 5) is 0. The normalized spacial score (nSPS) is 14.5. The van der Waals surface area contributed by atoms with Gasteiger partial charge in [0.25, 0.3) is 0 Å². The van der Waals surface area contributed by atoms with E-state index in [1.165, 1.54) is 24.3 Å². The van der Waals surface area contributed by atoms with Crippen molar-refractivity contribution in [2.45, 2.75) is 31.9 Å². The van der Waals surface area contributed by atoms with Crippen LogP contribution in [0.15, 0.2) is 24.3 Å². The average Bonchev–Trinajstić information content (AvgIpc) is 2.28. The molecule has 1 rings (SSSR count). The van der Waals surface area contributed by atoms with Crippen molar-refractivity contribution < 1.29 is 14.2 Å². The summed E-state index contributed by atoms with van der Waals surface area (Å²) < 4.78 is 18.1. The van der Waals surface area contributed by atoms with Crippen LogP contribution in [0, 0.1) is 5.82 Å². The second-order valence-corrected chi connectivity index (χ2v) is 3.75. The van der Waals surface area contributed by atoms with Gasteiger partial charge in [0.1, 0.15) is 17.7 Å². The van der Waals surface area contributed by atoms with Gasteiger partial charge in [-0.2, -0.15) is 0 Å². The van der Waals surface area contributed by atoms with Gasteiger partial charge in [-0.15, -0.1) is 0 Å². The van der Waals surface area contributed by atoms with E-state index in [9.17, 15) is 4.39 Å². The van der Waals surface area contributed by atoms with E-state index in [0.29, 0.717) is 5.75 Å². The van der Waals surface area contributed by atoms with Gasteiger partial charge in [-0.05, 0) is 30.7 Å². The van der Waals surface area contributed by atoms with Gasteiger partial charge < -0.3 is 15.6 Å². The number of aliphatic hydroxyl groups is 1. The maximum absolute atomic E-state index is 12.7. The van der Waals surface area contributed by atoms with E-state index in [1.54, 1.807) is 0 Å². The highest BCUT2D eigenvalue weighted by molar-refractivity contribution is 5.22. The quantitative estimate of drug-likeness (QED) is 0.777. The first kappa shape index (κ1) is 12.9. The van der Waals surface area contributed by atoms with Gasteiger partial charge in [0, 0.05) is 6.04 Å². The molecule has 0 fully saturated rings. The van der Waals surface area contributed by atoms with Crippen LogP contribution in [0.3, 0.4) is 0 Å². The Morgan fingerprint density at radius 3 is 2.50 bits per heavy atom. The largest absolute Gasteiger partial charge is 0.486 e. The van der Waals surface area contributed by atoms with E-state index in [2.05, 4.69) is 0 Å². The number of nitrogens with two attached hydrogens (primary N) is 1. The van der Waals surface area contributed by atoms with Crippen molar-refractivity contribution in [2.24, 2.45) is 5.73 Å². The zero-order valence-corrected chi connectivity index (χ0v) is 9.40. The number of aliphatic hydroxyl groups excluding tert-OH is 1. The molecule has 0 amide bonds. The lowest BCUT2D eigenvalue weighted by Crippen LogP contribution is -2.41. The molecule has 0 saturated carbocycles. The first-order chi connectivity index (χ1) is 7.67. The highest BCUT2D eigenvalue weighted by Crippen LogP contribution is 2.15. The highest BCUT2D eigenvalue weighted by atomic mass is 19.1. The van der Waals surface area contributed by atoms with Crippen LogP contribution in [0.4, 0.5) is 4.39 Å². The molecular formula is C12H18FNO2. The van der Waals surface area contributed by atoms with E-state index < -0.39 is 6.10 Å². The molecule has 0 aliphatic heterocycles. The van der Waals surface area contributed by atoms with Crippen LogP contribution in [0.1, 0.15) is 19.8 Å². The van der Waals surface area contributed by atoms with Crippen LogP contribution in [0.2, 0.25) is 0 Å². The summed E-state index contributed by atoms with van der Waals surface area (Å²) in [7, 11) is 0. The Bertz CT molecular complexity index is 302. The molecule has 0 saturated heterocycles. The molecule has 1 aromatic rings. The molecule has 0 aliphatic rings. The van der Waals surface area contributed by atoms with Gasteiger partial charge in [-0.1, -0.05) is 13.3 Å². The molecular weight excluding hydrogens is 209 g/mol. The third-order valence-electron chi connectivity index (χ3n) is 2.38. The molecule has 0 radical (unpaired) electrons. The van der Waals surface area contributed by atoms with Gasteiger partial charge >= 0.3 is 0 Å². The molecule has 2 atom stereocenters. The molecule has 0 aromatic heterocycles. The lowest BCUT2D eigenvalue weighted by atomic mass is 10.1. The number of rotatable bonds is 6. The van der Waals surface area contributed by atoms with Gasteiger partial charge in [-0.3, -0.25) is 0 Å². The smallest absolute Gasteiger partial charge is 0.137 e. The molecule has 1 aromatic carbocycles. The third-order valence-corrected chi connectivity index (χ3v) is 2.38. The second kappa shape index (κ2) is 6.45. The van der Waals surface area contributed by atoms with E-state index in [0.717, 1.165) is 12.8 Å². The predicted molar refractivity (Wildman–Crippen MR) is 60.8 cm³/mol. The van der Waals surface area contributed by atoms with Crippen molar-refractivity contribution in [3.8, 4) is 5.75 Å². The molecule has 0 aliphatic carbocycles. The monoisotopic (exact) mass is 227 g/mol. The Morgan fingerprint density at radius 2 is 2.00 bits per heavy atom. The fourth-order valence-corrected chi connectivity index (χ4v) is 1.47. The minimum Gasteiger partial charge on any atom is -0.486 e. The van der Waals surface area contributed by atoms with Crippen LogP contribution in [0.25, 0.3) is 0 Å². The van der Waals surface area contributed by atoms with Crippen molar-refractivity contribution in [1.29, 1.82) is 0 Å². The number of ether oxygens (including phenoxy) is 1. The van der Waals surface area contributed by atoms with Crippen LogP contribution in [-0.4, -0.2) is 23.9 Å². The fourth-order valence-electron chi connectivity index (χ4n) is 1.47. The summed E-state index contributed by atoms with van der Waals surface area (Å²) >= 11 is 0. The van der Waals surface area contributed by atoms with Gasteiger partial charge in [0.15, 0.2) is 0 Å². The summed E-state index contributed by atoms with van der Waals surface area (Å²) in [6.07, 6.45) is 1.28. The van der Waals surface area contributed by atoms with Gasteiger partial charge in [0.2, 0.25) is 0 Å². The van der Waals surface area contributed by atoms with Crippen molar-refractivity contribution in [2.75, 3.05) is 6.61 Å². The van der Waals surface area contributed by atoms with Gasteiger partial charge in [0.05, 0.1) is 6.61 Å². The Kier molecular flexibility index (Phi) is 5.22. The summed E-state index contributed by atoms with van der Waals surface area (Å²) in [5, 5.41) is 9.16. The molecule has 2 unspecified atom stereocenters. The molecule has 0 bridgehead atoms. The molecule has 90 valence electrons. The van der Waals surface area contributed by atoms with Crippen molar-refractivity contribution in [1.82, 2.24) is 0 Å². The van der Waals surface area contributed by atoms with Crippen molar-refractivity contribution in [3.05, 3.63) is 30.1 Å². The maximum atomic E-state index is 12.7. The van der Waals surface area contributed by atoms with Crippen LogP contribution in [-0.2, 0) is 0 Å². The number of halogens is 1. The van der Waals surface area contributed by atoms with E-state index in [-0.39, 0.29) is 18.5 Å². The topological polar surface area (TPSA) is 55.5 Å². The molecule has 16 heavy (non-hydrogen) atoms. The predicted octanol–water partition coefficient (Wildman–Crippen LogP) is 1.69. The first-order valence-corrected chi connectivity index (χ1v) is 5.46. The minimum absolute atomic E-state index is 0.140. The lowest BCUT2D eigenvalue weighted by Gasteiger charge is -2.22. The van der Waals surface area contributed by atoms with Crippen molar-refractivity contribution in [3.63, 3.8) is 0 Å². The van der Waals surface area contributed by atoms with Crippen LogP contribution >= 0.6 is 0 Å². The Hall–Kier alpha value is -1.13. The van der Waals surface area contributed by atoms with Crippen molar-refractivity contribution >= 4 is 0 Å². The first-order valence-electron chi connectivity index (χ1n) is 5.46. The van der Waals surface area contributed by atoms with E-state index in [4.69, 9.17) is 15.6 Å².